The van der Waals surface area contributed by atoms with Gasteiger partial charge in [-0.3, -0.25) is 4.79 Å². The largest absolute Gasteiger partial charge is 0.489 e. The van der Waals surface area contributed by atoms with Crippen molar-refractivity contribution in [3.8, 4) is 5.75 Å². The minimum Gasteiger partial charge on any atom is -0.489 e. The number of halogens is 3. The fraction of sp³-hybridized carbons (Fsp3) is 0.423. The van der Waals surface area contributed by atoms with Gasteiger partial charge in [-0.2, -0.15) is 13.2 Å². The molecule has 0 unspecified atom stereocenters. The number of fused-ring (bicyclic) bond motifs is 1. The number of hydrogen-bond acceptors (Lipinski definition) is 3. The summed E-state index contributed by atoms with van der Waals surface area (Å²) in [5, 5.41) is 0.947. The monoisotopic (exact) mass is 459 g/mol. The Morgan fingerprint density at radius 2 is 1.88 bits per heavy atom. The van der Waals surface area contributed by atoms with Gasteiger partial charge in [0.1, 0.15) is 12.4 Å². The van der Waals surface area contributed by atoms with Crippen molar-refractivity contribution >= 4 is 16.9 Å². The van der Waals surface area contributed by atoms with Gasteiger partial charge in [-0.15, -0.1) is 0 Å². The van der Waals surface area contributed by atoms with Crippen molar-refractivity contribution < 1.29 is 27.4 Å². The summed E-state index contributed by atoms with van der Waals surface area (Å²) in [7, 11) is 1.37. The SMILES string of the molecule is COC(=O)CCn1ccc2cc(OCc3ccc(C4CCCC4)c(C(F)(F)F)c3)cc(C)c21. The molecule has 176 valence electrons. The number of ether oxygens (including phenoxy) is 2. The molecule has 0 spiro atoms. The van der Waals surface area contributed by atoms with Crippen LogP contribution in [-0.4, -0.2) is 17.6 Å². The zero-order valence-corrected chi connectivity index (χ0v) is 18.9. The van der Waals surface area contributed by atoms with Gasteiger partial charge in [-0.05, 0) is 66.6 Å². The van der Waals surface area contributed by atoms with Gasteiger partial charge in [0.25, 0.3) is 0 Å². The number of carbonyl (C=O) groups is 1. The molecule has 2 aromatic carbocycles. The first-order chi connectivity index (χ1) is 15.8. The molecule has 1 saturated carbocycles. The van der Waals surface area contributed by atoms with Gasteiger partial charge in [-0.1, -0.05) is 25.0 Å². The van der Waals surface area contributed by atoms with Crippen molar-refractivity contribution in [3.63, 3.8) is 0 Å². The second kappa shape index (κ2) is 9.49. The second-order valence-electron chi connectivity index (χ2n) is 8.70. The fourth-order valence-electron chi connectivity index (χ4n) is 4.82. The molecule has 4 rings (SSSR count). The topological polar surface area (TPSA) is 40.5 Å². The molecule has 4 nitrogen and oxygen atoms in total. The van der Waals surface area contributed by atoms with Gasteiger partial charge < -0.3 is 14.0 Å². The van der Waals surface area contributed by atoms with E-state index in [-0.39, 0.29) is 24.9 Å². The van der Waals surface area contributed by atoms with Gasteiger partial charge in [0.15, 0.2) is 0 Å². The quantitative estimate of drug-likeness (QED) is 0.366. The molecule has 1 heterocycles. The first-order valence-corrected chi connectivity index (χ1v) is 11.3. The first kappa shape index (κ1) is 23.2. The lowest BCUT2D eigenvalue weighted by Gasteiger charge is -2.19. The number of nitrogens with zero attached hydrogens (tertiary/aromatic N) is 1. The third-order valence-electron chi connectivity index (χ3n) is 6.43. The number of benzene rings is 2. The summed E-state index contributed by atoms with van der Waals surface area (Å²) < 4.78 is 53.8. The molecule has 1 aliphatic rings. The Balaban J connectivity index is 1.51. The Kier molecular flexibility index (Phi) is 6.68. The lowest BCUT2D eigenvalue weighted by molar-refractivity contribution is -0.141. The van der Waals surface area contributed by atoms with Crippen LogP contribution in [-0.2, 0) is 28.9 Å². The number of hydrogen-bond donors (Lipinski definition) is 0. The fourth-order valence-corrected chi connectivity index (χ4v) is 4.82. The Hall–Kier alpha value is -2.96. The molecule has 0 bridgehead atoms. The molecule has 0 N–H and O–H groups in total. The Labute approximate surface area is 191 Å². The van der Waals surface area contributed by atoms with Crippen LogP contribution in [0.4, 0.5) is 13.2 Å². The lowest BCUT2D eigenvalue weighted by Crippen LogP contribution is -2.12. The standard InChI is InChI=1S/C26H28F3NO3/c1-17-13-21(15-20-9-11-30(25(17)20)12-10-24(31)32-2)33-16-18-7-8-22(19-5-3-4-6-19)23(14-18)26(27,28)29/h7-9,11,13-15,19H,3-6,10,12,16H2,1-2H3. The summed E-state index contributed by atoms with van der Waals surface area (Å²) in [6, 6.07) is 10.3. The van der Waals surface area contributed by atoms with Crippen molar-refractivity contribution in [1.82, 2.24) is 4.57 Å². The molecule has 7 heteroatoms. The van der Waals surface area contributed by atoms with Crippen molar-refractivity contribution in [2.75, 3.05) is 7.11 Å². The molecule has 33 heavy (non-hydrogen) atoms. The molecule has 1 aromatic heterocycles. The van der Waals surface area contributed by atoms with Crippen molar-refractivity contribution in [2.45, 2.75) is 64.3 Å². The Morgan fingerprint density at radius 3 is 2.58 bits per heavy atom. The van der Waals surface area contributed by atoms with E-state index in [4.69, 9.17) is 9.47 Å². The van der Waals surface area contributed by atoms with E-state index >= 15 is 0 Å². The van der Waals surface area contributed by atoms with E-state index in [0.29, 0.717) is 23.4 Å². The number of carbonyl (C=O) groups excluding carboxylic acids is 1. The van der Waals surface area contributed by atoms with Crippen LogP contribution in [0.1, 0.15) is 60.3 Å². The van der Waals surface area contributed by atoms with E-state index in [1.54, 1.807) is 12.1 Å². The summed E-state index contributed by atoms with van der Waals surface area (Å²) in [5.41, 5.74) is 2.33. The zero-order chi connectivity index (χ0) is 23.6. The maximum atomic E-state index is 13.7. The highest BCUT2D eigenvalue weighted by atomic mass is 19.4. The molecule has 0 radical (unpaired) electrons. The molecule has 0 amide bonds. The third kappa shape index (κ3) is 5.18. The van der Waals surface area contributed by atoms with Crippen molar-refractivity contribution in [2.24, 2.45) is 0 Å². The molecule has 1 aliphatic carbocycles. The minimum atomic E-state index is -4.38. The average Bonchev–Trinajstić information content (AvgIpc) is 3.45. The Bertz CT molecular complexity index is 1140. The molecule has 3 aromatic rings. The van der Waals surface area contributed by atoms with Crippen LogP contribution in [0.3, 0.4) is 0 Å². The third-order valence-corrected chi connectivity index (χ3v) is 6.43. The summed E-state index contributed by atoms with van der Waals surface area (Å²) in [6.07, 6.45) is 1.40. The maximum absolute atomic E-state index is 13.7. The minimum absolute atomic E-state index is 0.00938. The van der Waals surface area contributed by atoms with E-state index in [2.05, 4.69) is 0 Å². The first-order valence-electron chi connectivity index (χ1n) is 11.3. The van der Waals surface area contributed by atoms with Gasteiger partial charge in [0.05, 0.1) is 24.6 Å². The van der Waals surface area contributed by atoms with Crippen molar-refractivity contribution in [1.29, 1.82) is 0 Å². The van der Waals surface area contributed by atoms with Gasteiger partial charge in [0, 0.05) is 18.1 Å². The summed E-state index contributed by atoms with van der Waals surface area (Å²) >= 11 is 0. The molecule has 1 fully saturated rings. The summed E-state index contributed by atoms with van der Waals surface area (Å²) in [4.78, 5) is 11.5. The maximum Gasteiger partial charge on any atom is 0.416 e. The van der Waals surface area contributed by atoms with Crippen LogP contribution in [0.2, 0.25) is 0 Å². The van der Waals surface area contributed by atoms with E-state index in [1.807, 2.05) is 35.9 Å². The predicted molar refractivity (Wildman–Crippen MR) is 120 cm³/mol. The summed E-state index contributed by atoms with van der Waals surface area (Å²) in [6.45, 7) is 2.51. The number of methoxy groups -OCH3 is 1. The zero-order valence-electron chi connectivity index (χ0n) is 18.9. The number of aromatic nitrogens is 1. The normalized spacial score (nSPS) is 14.7. The van der Waals surface area contributed by atoms with E-state index < -0.39 is 11.7 Å². The number of aryl methyl sites for hydroxylation is 2. The molecular formula is C26H28F3NO3. The lowest BCUT2D eigenvalue weighted by atomic mass is 9.91. The van der Waals surface area contributed by atoms with Gasteiger partial charge >= 0.3 is 12.1 Å². The van der Waals surface area contributed by atoms with Crippen LogP contribution in [0.25, 0.3) is 10.9 Å². The Morgan fingerprint density at radius 1 is 1.12 bits per heavy atom. The molecule has 0 aliphatic heterocycles. The highest BCUT2D eigenvalue weighted by Gasteiger charge is 2.36. The molecule has 0 saturated heterocycles. The smallest absolute Gasteiger partial charge is 0.416 e. The van der Waals surface area contributed by atoms with Crippen LogP contribution < -0.4 is 4.74 Å². The van der Waals surface area contributed by atoms with Crippen LogP contribution >= 0.6 is 0 Å². The van der Waals surface area contributed by atoms with E-state index in [1.165, 1.54) is 13.2 Å². The molecule has 0 atom stereocenters. The van der Waals surface area contributed by atoms with E-state index in [0.717, 1.165) is 42.1 Å². The van der Waals surface area contributed by atoms with Gasteiger partial charge in [0.2, 0.25) is 0 Å². The summed E-state index contributed by atoms with van der Waals surface area (Å²) in [5.74, 6) is 0.315. The second-order valence-corrected chi connectivity index (χ2v) is 8.70. The van der Waals surface area contributed by atoms with Crippen LogP contribution in [0, 0.1) is 6.92 Å². The predicted octanol–water partition coefficient (Wildman–Crippen LogP) is 6.77. The number of alkyl halides is 3. The highest BCUT2D eigenvalue weighted by molar-refractivity contribution is 5.85. The molecular weight excluding hydrogens is 431 g/mol. The number of esters is 1. The van der Waals surface area contributed by atoms with Crippen LogP contribution in [0.5, 0.6) is 5.75 Å². The number of rotatable bonds is 7. The van der Waals surface area contributed by atoms with Crippen LogP contribution in [0.15, 0.2) is 42.6 Å². The van der Waals surface area contributed by atoms with Gasteiger partial charge in [-0.25, -0.2) is 0 Å². The van der Waals surface area contributed by atoms with Crippen molar-refractivity contribution in [3.05, 3.63) is 64.8 Å². The van der Waals surface area contributed by atoms with E-state index in [9.17, 15) is 18.0 Å². The highest BCUT2D eigenvalue weighted by Crippen LogP contribution is 2.42. The average molecular weight is 460 g/mol.